The van der Waals surface area contributed by atoms with Crippen LogP contribution >= 0.6 is 11.3 Å². The van der Waals surface area contributed by atoms with Gasteiger partial charge in [0.2, 0.25) is 5.91 Å². The van der Waals surface area contributed by atoms with Crippen molar-refractivity contribution in [3.8, 4) is 0 Å². The Labute approximate surface area is 139 Å². The molecule has 4 rings (SSSR count). The van der Waals surface area contributed by atoms with Gasteiger partial charge in [0.15, 0.2) is 0 Å². The zero-order valence-electron chi connectivity index (χ0n) is 13.3. The zero-order chi connectivity index (χ0) is 15.8. The Bertz CT molecular complexity index is 691. The minimum absolute atomic E-state index is 0.159. The first-order chi connectivity index (χ1) is 11.2. The van der Waals surface area contributed by atoms with Crippen LogP contribution in [0.4, 0.5) is 0 Å². The van der Waals surface area contributed by atoms with Crippen LogP contribution in [0.5, 0.6) is 0 Å². The van der Waals surface area contributed by atoms with E-state index < -0.39 is 0 Å². The number of nitrogens with zero attached hydrogens (tertiary/aromatic N) is 5. The molecule has 23 heavy (non-hydrogen) atoms. The highest BCUT2D eigenvalue weighted by atomic mass is 32.1. The second-order valence-electron chi connectivity index (χ2n) is 6.49. The van der Waals surface area contributed by atoms with Crippen molar-refractivity contribution in [1.29, 1.82) is 0 Å². The monoisotopic (exact) mass is 331 g/mol. The number of amides is 1. The van der Waals surface area contributed by atoms with Gasteiger partial charge in [0.05, 0.1) is 13.1 Å². The fraction of sp³-hybridized carbons (Fsp3) is 0.562. The summed E-state index contributed by atoms with van der Waals surface area (Å²) in [6.07, 6.45) is 2.49. The van der Waals surface area contributed by atoms with E-state index in [-0.39, 0.29) is 5.91 Å². The lowest BCUT2D eigenvalue weighted by Gasteiger charge is -2.28. The Kier molecular flexibility index (Phi) is 3.90. The van der Waals surface area contributed by atoms with Crippen molar-refractivity contribution < 1.29 is 4.79 Å². The average Bonchev–Trinajstić information content (AvgIpc) is 3.09. The number of aromatic nitrogens is 3. The van der Waals surface area contributed by atoms with Crippen LogP contribution in [0.2, 0.25) is 0 Å². The first kappa shape index (κ1) is 14.8. The standard InChI is InChI=1S/C16H21N5OS/c1-19(8-12-4-7-23-11-12)15(22)10-20-5-6-21-14(9-20)17-18-16(21)13-2-3-13/h4,7,11,13H,2-3,5-6,8-10H2,1H3. The van der Waals surface area contributed by atoms with Crippen LogP contribution in [-0.2, 0) is 24.4 Å². The highest BCUT2D eigenvalue weighted by Gasteiger charge is 2.32. The summed E-state index contributed by atoms with van der Waals surface area (Å²) in [4.78, 5) is 16.4. The molecule has 2 aromatic rings. The Morgan fingerprint density at radius 1 is 1.39 bits per heavy atom. The number of thiophene rings is 1. The maximum absolute atomic E-state index is 12.4. The number of carbonyl (C=O) groups excluding carboxylic acids is 1. The van der Waals surface area contributed by atoms with Crippen LogP contribution in [-0.4, -0.2) is 50.6 Å². The summed E-state index contributed by atoms with van der Waals surface area (Å²) in [5.41, 5.74) is 1.19. The third-order valence-corrected chi connectivity index (χ3v) is 5.32. The van der Waals surface area contributed by atoms with Crippen molar-refractivity contribution in [2.75, 3.05) is 20.1 Å². The molecule has 6 nitrogen and oxygen atoms in total. The third-order valence-electron chi connectivity index (χ3n) is 4.59. The molecule has 1 aliphatic carbocycles. The molecular weight excluding hydrogens is 310 g/mol. The summed E-state index contributed by atoms with van der Waals surface area (Å²) >= 11 is 1.66. The fourth-order valence-corrected chi connectivity index (χ4v) is 3.73. The summed E-state index contributed by atoms with van der Waals surface area (Å²) in [6.45, 7) is 3.64. The largest absolute Gasteiger partial charge is 0.340 e. The van der Waals surface area contributed by atoms with E-state index >= 15 is 0 Å². The van der Waals surface area contributed by atoms with Crippen LogP contribution < -0.4 is 0 Å². The van der Waals surface area contributed by atoms with Crippen LogP contribution in [0, 0.1) is 0 Å². The van der Waals surface area contributed by atoms with Gasteiger partial charge >= 0.3 is 0 Å². The minimum Gasteiger partial charge on any atom is -0.340 e. The predicted molar refractivity (Wildman–Crippen MR) is 88.1 cm³/mol. The molecule has 1 saturated carbocycles. The fourth-order valence-electron chi connectivity index (χ4n) is 3.07. The predicted octanol–water partition coefficient (Wildman–Crippen LogP) is 1.69. The van der Waals surface area contributed by atoms with Gasteiger partial charge in [-0.2, -0.15) is 11.3 Å². The van der Waals surface area contributed by atoms with E-state index in [0.717, 1.165) is 31.3 Å². The molecule has 122 valence electrons. The van der Waals surface area contributed by atoms with Crippen LogP contribution in [0.1, 0.15) is 36.0 Å². The Balaban J connectivity index is 1.35. The Hall–Kier alpha value is -1.73. The van der Waals surface area contributed by atoms with Gasteiger partial charge in [-0.15, -0.1) is 10.2 Å². The van der Waals surface area contributed by atoms with Gasteiger partial charge in [0.25, 0.3) is 0 Å². The van der Waals surface area contributed by atoms with Crippen molar-refractivity contribution in [1.82, 2.24) is 24.6 Å². The first-order valence-corrected chi connectivity index (χ1v) is 9.04. The highest BCUT2D eigenvalue weighted by Crippen LogP contribution is 2.39. The van der Waals surface area contributed by atoms with E-state index in [9.17, 15) is 4.79 Å². The molecule has 1 aliphatic heterocycles. The summed E-state index contributed by atoms with van der Waals surface area (Å²) in [5.74, 6) is 2.94. The Morgan fingerprint density at radius 3 is 3.00 bits per heavy atom. The van der Waals surface area contributed by atoms with E-state index in [1.807, 2.05) is 12.4 Å². The Morgan fingerprint density at radius 2 is 2.26 bits per heavy atom. The normalized spacial score (nSPS) is 18.0. The van der Waals surface area contributed by atoms with Crippen molar-refractivity contribution in [3.05, 3.63) is 34.0 Å². The molecule has 0 spiro atoms. The van der Waals surface area contributed by atoms with Crippen LogP contribution in [0.3, 0.4) is 0 Å². The van der Waals surface area contributed by atoms with E-state index in [1.165, 1.54) is 18.4 Å². The summed E-state index contributed by atoms with van der Waals surface area (Å²) in [6, 6.07) is 2.07. The van der Waals surface area contributed by atoms with E-state index in [4.69, 9.17) is 0 Å². The summed E-state index contributed by atoms with van der Waals surface area (Å²) in [5, 5.41) is 12.8. The van der Waals surface area contributed by atoms with Crippen molar-refractivity contribution in [3.63, 3.8) is 0 Å². The number of rotatable bonds is 5. The summed E-state index contributed by atoms with van der Waals surface area (Å²) < 4.78 is 2.26. The zero-order valence-corrected chi connectivity index (χ0v) is 14.1. The molecular formula is C16H21N5OS. The highest BCUT2D eigenvalue weighted by molar-refractivity contribution is 7.07. The molecule has 0 bridgehead atoms. The molecule has 7 heteroatoms. The van der Waals surface area contributed by atoms with Gasteiger partial charge in [-0.05, 0) is 35.2 Å². The summed E-state index contributed by atoms with van der Waals surface area (Å²) in [7, 11) is 1.87. The van der Waals surface area contributed by atoms with Crippen LogP contribution in [0.25, 0.3) is 0 Å². The number of likely N-dealkylation sites (N-methyl/N-ethyl adjacent to an activating group) is 1. The molecule has 0 saturated heterocycles. The van der Waals surface area contributed by atoms with E-state index in [0.29, 0.717) is 19.0 Å². The number of hydrogen-bond acceptors (Lipinski definition) is 5. The molecule has 0 radical (unpaired) electrons. The van der Waals surface area contributed by atoms with Gasteiger partial charge in [0.1, 0.15) is 11.6 Å². The van der Waals surface area contributed by atoms with Crippen molar-refractivity contribution in [2.45, 2.75) is 38.4 Å². The average molecular weight is 331 g/mol. The topological polar surface area (TPSA) is 54.3 Å². The number of hydrogen-bond donors (Lipinski definition) is 0. The molecule has 0 unspecified atom stereocenters. The quantitative estimate of drug-likeness (QED) is 0.837. The maximum atomic E-state index is 12.4. The third kappa shape index (κ3) is 3.16. The van der Waals surface area contributed by atoms with Gasteiger partial charge in [-0.25, -0.2) is 0 Å². The van der Waals surface area contributed by atoms with E-state index in [2.05, 4.69) is 31.1 Å². The first-order valence-electron chi connectivity index (χ1n) is 8.10. The smallest absolute Gasteiger partial charge is 0.236 e. The van der Waals surface area contributed by atoms with Gasteiger partial charge in [-0.3, -0.25) is 9.69 Å². The second-order valence-corrected chi connectivity index (χ2v) is 7.27. The molecule has 1 fully saturated rings. The molecule has 0 atom stereocenters. The lowest BCUT2D eigenvalue weighted by Crippen LogP contribution is -2.42. The van der Waals surface area contributed by atoms with Gasteiger partial charge < -0.3 is 9.47 Å². The molecule has 2 aromatic heterocycles. The molecule has 3 heterocycles. The molecule has 0 aromatic carbocycles. The second kappa shape index (κ2) is 6.05. The van der Waals surface area contributed by atoms with E-state index in [1.54, 1.807) is 16.2 Å². The molecule has 2 aliphatic rings. The number of carbonyl (C=O) groups is 1. The van der Waals surface area contributed by atoms with Crippen molar-refractivity contribution >= 4 is 17.2 Å². The maximum Gasteiger partial charge on any atom is 0.236 e. The molecule has 1 amide bonds. The number of fused-ring (bicyclic) bond motifs is 1. The SMILES string of the molecule is CN(Cc1ccsc1)C(=O)CN1CCn2c(nnc2C2CC2)C1. The van der Waals surface area contributed by atoms with Crippen molar-refractivity contribution in [2.24, 2.45) is 0 Å². The lowest BCUT2D eigenvalue weighted by atomic mass is 10.3. The van der Waals surface area contributed by atoms with Gasteiger partial charge in [-0.1, -0.05) is 0 Å². The lowest BCUT2D eigenvalue weighted by molar-refractivity contribution is -0.132. The minimum atomic E-state index is 0.159. The van der Waals surface area contributed by atoms with Crippen LogP contribution in [0.15, 0.2) is 16.8 Å². The van der Waals surface area contributed by atoms with Gasteiger partial charge in [0, 0.05) is 32.6 Å². The molecule has 0 N–H and O–H groups in total.